The first-order valence-electron chi connectivity index (χ1n) is 7.89. The number of imidazole rings is 1. The maximum Gasteiger partial charge on any atom is 0.292 e. The Kier molecular flexibility index (Phi) is 2.79. The summed E-state index contributed by atoms with van der Waals surface area (Å²) in [5, 5.41) is 2.88. The van der Waals surface area contributed by atoms with E-state index in [-0.39, 0.29) is 11.4 Å². The molecule has 3 aromatic carbocycles. The molecular formula is C20H12FN3O. The summed E-state index contributed by atoms with van der Waals surface area (Å²) in [6.07, 6.45) is 5.31. The molecule has 0 aliphatic rings. The lowest BCUT2D eigenvalue weighted by Crippen LogP contribution is -2.13. The van der Waals surface area contributed by atoms with Crippen molar-refractivity contribution in [3.63, 3.8) is 0 Å². The van der Waals surface area contributed by atoms with E-state index < -0.39 is 0 Å². The van der Waals surface area contributed by atoms with Crippen LogP contribution in [-0.2, 0) is 0 Å². The molecule has 0 amide bonds. The Morgan fingerprint density at radius 3 is 2.76 bits per heavy atom. The van der Waals surface area contributed by atoms with Crippen LogP contribution < -0.4 is 10.8 Å². The van der Waals surface area contributed by atoms with Gasteiger partial charge in [0.1, 0.15) is 5.82 Å². The molecule has 2 heterocycles. The van der Waals surface area contributed by atoms with Gasteiger partial charge in [-0.25, -0.2) is 9.37 Å². The smallest absolute Gasteiger partial charge is 0.292 e. The average molecular weight is 329 g/mol. The third-order valence-corrected chi connectivity index (χ3v) is 4.46. The van der Waals surface area contributed by atoms with E-state index in [2.05, 4.69) is 9.97 Å². The highest BCUT2D eigenvalue weighted by atomic mass is 19.1. The maximum atomic E-state index is 13.6. The van der Waals surface area contributed by atoms with E-state index in [0.717, 1.165) is 32.6 Å². The second-order valence-corrected chi connectivity index (χ2v) is 5.96. The van der Waals surface area contributed by atoms with E-state index in [9.17, 15) is 9.18 Å². The molecule has 0 radical (unpaired) electrons. The monoisotopic (exact) mass is 329 g/mol. The van der Waals surface area contributed by atoms with Crippen molar-refractivity contribution >= 4 is 33.5 Å². The van der Waals surface area contributed by atoms with Gasteiger partial charge in [-0.1, -0.05) is 36.4 Å². The van der Waals surface area contributed by atoms with Crippen LogP contribution in [0, 0.1) is 5.82 Å². The van der Waals surface area contributed by atoms with Gasteiger partial charge in [-0.2, -0.15) is 0 Å². The fourth-order valence-electron chi connectivity index (χ4n) is 3.43. The Labute approximate surface area is 140 Å². The number of fused-ring (bicyclic) bond motifs is 5. The number of H-pyrrole nitrogens is 1. The van der Waals surface area contributed by atoms with Crippen molar-refractivity contribution in [2.24, 2.45) is 0 Å². The molecule has 0 atom stereocenters. The summed E-state index contributed by atoms with van der Waals surface area (Å²) in [5.41, 5.74) is 2.49. The van der Waals surface area contributed by atoms with Crippen molar-refractivity contribution in [1.82, 2.24) is 14.4 Å². The zero-order valence-corrected chi connectivity index (χ0v) is 13.0. The van der Waals surface area contributed by atoms with E-state index in [1.54, 1.807) is 22.9 Å². The zero-order valence-electron chi connectivity index (χ0n) is 13.0. The van der Waals surface area contributed by atoms with Crippen molar-refractivity contribution in [3.8, 4) is 0 Å². The number of rotatable bonds is 1. The summed E-state index contributed by atoms with van der Waals surface area (Å²) in [5.74, 6) is -0.282. The standard InChI is InChI=1S/C20H12FN3O/c21-13-5-3-4-12(10-13)11-16-14-6-1-2-7-15(14)17-18(16)24-9-8-22-19(24)20(25)23-17/h1-11H,(H,23,25)/b16-11+. The van der Waals surface area contributed by atoms with E-state index in [4.69, 9.17) is 0 Å². The fourth-order valence-corrected chi connectivity index (χ4v) is 3.43. The molecule has 0 unspecified atom stereocenters. The number of nitrogens with one attached hydrogen (secondary N) is 1. The third kappa shape index (κ3) is 1.99. The molecule has 4 nitrogen and oxygen atoms in total. The van der Waals surface area contributed by atoms with Crippen LogP contribution in [0.4, 0.5) is 4.39 Å². The highest BCUT2D eigenvalue weighted by Crippen LogP contribution is 2.22. The van der Waals surface area contributed by atoms with E-state index >= 15 is 0 Å². The number of benzene rings is 2. The van der Waals surface area contributed by atoms with Gasteiger partial charge in [0, 0.05) is 23.0 Å². The van der Waals surface area contributed by atoms with Gasteiger partial charge < -0.3 is 4.98 Å². The normalized spacial score (nSPS) is 12.6. The number of aromatic amines is 1. The van der Waals surface area contributed by atoms with Crippen LogP contribution in [0.15, 0.2) is 65.7 Å². The number of hydrogen-bond acceptors (Lipinski definition) is 2. The van der Waals surface area contributed by atoms with Crippen LogP contribution in [0.2, 0.25) is 0 Å². The molecule has 0 spiro atoms. The summed E-state index contributed by atoms with van der Waals surface area (Å²) in [6.45, 7) is 0. The van der Waals surface area contributed by atoms with Crippen molar-refractivity contribution in [2.45, 2.75) is 0 Å². The summed E-state index contributed by atoms with van der Waals surface area (Å²) in [6, 6.07) is 14.3. The van der Waals surface area contributed by atoms with E-state index in [0.29, 0.717) is 5.65 Å². The molecule has 0 saturated carbocycles. The highest BCUT2D eigenvalue weighted by Gasteiger charge is 2.13. The van der Waals surface area contributed by atoms with Crippen LogP contribution in [0.5, 0.6) is 0 Å². The van der Waals surface area contributed by atoms with Crippen LogP contribution in [0.1, 0.15) is 5.56 Å². The Morgan fingerprint density at radius 1 is 1.08 bits per heavy atom. The van der Waals surface area contributed by atoms with Crippen molar-refractivity contribution < 1.29 is 4.39 Å². The first kappa shape index (κ1) is 13.9. The highest BCUT2D eigenvalue weighted by molar-refractivity contribution is 6.10. The second-order valence-electron chi connectivity index (χ2n) is 5.96. The summed E-state index contributed by atoms with van der Waals surface area (Å²) in [4.78, 5) is 19.4. The Balaban J connectivity index is 2.07. The van der Waals surface area contributed by atoms with Gasteiger partial charge >= 0.3 is 0 Å². The third-order valence-electron chi connectivity index (χ3n) is 4.46. The van der Waals surface area contributed by atoms with Gasteiger partial charge in [0.25, 0.3) is 5.56 Å². The van der Waals surface area contributed by atoms with Crippen molar-refractivity contribution in [1.29, 1.82) is 0 Å². The maximum absolute atomic E-state index is 13.6. The zero-order chi connectivity index (χ0) is 17.0. The van der Waals surface area contributed by atoms with Crippen molar-refractivity contribution in [3.05, 3.63) is 87.9 Å². The lowest BCUT2D eigenvalue weighted by molar-refractivity contribution is 0.627. The van der Waals surface area contributed by atoms with Crippen LogP contribution in [0.3, 0.4) is 0 Å². The van der Waals surface area contributed by atoms with Crippen molar-refractivity contribution in [2.75, 3.05) is 0 Å². The Bertz CT molecular complexity index is 1380. The van der Waals surface area contributed by atoms with Gasteiger partial charge in [-0.05, 0) is 29.2 Å². The molecule has 5 rings (SSSR count). The molecule has 120 valence electrons. The summed E-state index contributed by atoms with van der Waals surface area (Å²) < 4.78 is 15.4. The molecule has 5 aromatic rings. The minimum absolute atomic E-state index is 0.231. The number of aromatic nitrogens is 3. The summed E-state index contributed by atoms with van der Waals surface area (Å²) in [7, 11) is 0. The van der Waals surface area contributed by atoms with Gasteiger partial charge in [0.15, 0.2) is 0 Å². The largest absolute Gasteiger partial charge is 0.317 e. The fraction of sp³-hybridized carbons (Fsp3) is 0. The summed E-state index contributed by atoms with van der Waals surface area (Å²) >= 11 is 0. The molecule has 2 aromatic heterocycles. The van der Waals surface area contributed by atoms with E-state index in [1.165, 1.54) is 12.1 Å². The second kappa shape index (κ2) is 5.01. The lowest BCUT2D eigenvalue weighted by Gasteiger charge is -1.98. The quantitative estimate of drug-likeness (QED) is 0.514. The van der Waals surface area contributed by atoms with Crippen LogP contribution in [-0.4, -0.2) is 14.4 Å². The van der Waals surface area contributed by atoms with Crippen LogP contribution >= 0.6 is 0 Å². The molecule has 5 heteroatoms. The number of halogens is 1. The molecule has 25 heavy (non-hydrogen) atoms. The molecule has 0 fully saturated rings. The molecule has 0 aliphatic heterocycles. The molecule has 1 N–H and O–H groups in total. The number of nitrogens with zero attached hydrogens (tertiary/aromatic N) is 2. The lowest BCUT2D eigenvalue weighted by atomic mass is 10.1. The molecule has 0 bridgehead atoms. The van der Waals surface area contributed by atoms with Gasteiger partial charge in [-0.3, -0.25) is 9.20 Å². The molecule has 0 aliphatic carbocycles. The molecular weight excluding hydrogens is 317 g/mol. The minimum Gasteiger partial charge on any atom is -0.317 e. The van der Waals surface area contributed by atoms with Gasteiger partial charge in [-0.15, -0.1) is 0 Å². The van der Waals surface area contributed by atoms with E-state index in [1.807, 2.05) is 36.4 Å². The first-order chi connectivity index (χ1) is 12.2. The topological polar surface area (TPSA) is 50.2 Å². The number of hydrogen-bond donors (Lipinski definition) is 1. The first-order valence-corrected chi connectivity index (χ1v) is 7.89. The SMILES string of the molecule is O=c1[nH]c2c3ccccc3/c(=C\c3cccc(F)c3)c2n2ccnc12. The predicted molar refractivity (Wildman–Crippen MR) is 96.0 cm³/mol. The Morgan fingerprint density at radius 2 is 1.92 bits per heavy atom. The Hall–Kier alpha value is -3.47. The average Bonchev–Trinajstić information content (AvgIpc) is 3.20. The van der Waals surface area contributed by atoms with Gasteiger partial charge in [0.05, 0.1) is 11.0 Å². The van der Waals surface area contributed by atoms with Crippen LogP contribution in [0.25, 0.3) is 33.5 Å². The van der Waals surface area contributed by atoms with Gasteiger partial charge in [0.2, 0.25) is 5.65 Å². The predicted octanol–water partition coefficient (Wildman–Crippen LogP) is 3.02. The minimum atomic E-state index is -0.282. The molecule has 0 saturated heterocycles.